The summed E-state index contributed by atoms with van der Waals surface area (Å²) in [5.41, 5.74) is 0.359. The number of furan rings is 1. The fourth-order valence-corrected chi connectivity index (χ4v) is 2.81. The summed E-state index contributed by atoms with van der Waals surface area (Å²) < 4.78 is 5.24. The Morgan fingerprint density at radius 1 is 1.17 bits per heavy atom. The summed E-state index contributed by atoms with van der Waals surface area (Å²) in [7, 11) is 0. The number of aromatic nitrogens is 2. The minimum Gasteiger partial charge on any atom is -0.467 e. The second-order valence-electron chi connectivity index (χ2n) is 5.88. The number of nitrogens with zero attached hydrogens (tertiary/aromatic N) is 2. The number of hydrogen-bond donors (Lipinski definition) is 2. The first kappa shape index (κ1) is 15.5. The predicted octanol–water partition coefficient (Wildman–Crippen LogP) is 3.13. The highest BCUT2D eigenvalue weighted by Crippen LogP contribution is 2.17. The monoisotopic (exact) mass is 314 g/mol. The number of hydrogen-bond acceptors (Lipinski definition) is 5. The average molecular weight is 314 g/mol. The summed E-state index contributed by atoms with van der Waals surface area (Å²) in [6, 6.07) is 3.99. The number of nitrogens with one attached hydrogen (secondary N) is 2. The molecule has 2 heterocycles. The molecule has 0 aliphatic heterocycles. The summed E-state index contributed by atoms with van der Waals surface area (Å²) in [6.45, 7) is 0.537. The van der Waals surface area contributed by atoms with Crippen molar-refractivity contribution in [1.29, 1.82) is 0 Å². The Bertz CT molecular complexity index is 602. The Morgan fingerprint density at radius 2 is 2.00 bits per heavy atom. The van der Waals surface area contributed by atoms with E-state index in [2.05, 4.69) is 20.6 Å². The number of carbonyl (C=O) groups excluding carboxylic acids is 1. The molecule has 0 saturated heterocycles. The molecule has 1 aliphatic carbocycles. The van der Waals surface area contributed by atoms with Crippen LogP contribution in [0.4, 0.5) is 5.82 Å². The van der Waals surface area contributed by atoms with Crippen molar-refractivity contribution in [2.45, 2.75) is 51.1 Å². The summed E-state index contributed by atoms with van der Waals surface area (Å²) >= 11 is 0. The smallest absolute Gasteiger partial charge is 0.271 e. The van der Waals surface area contributed by atoms with E-state index in [4.69, 9.17) is 4.42 Å². The molecule has 0 spiro atoms. The number of rotatable bonds is 5. The number of carbonyl (C=O) groups is 1. The van der Waals surface area contributed by atoms with Crippen molar-refractivity contribution >= 4 is 11.7 Å². The van der Waals surface area contributed by atoms with Gasteiger partial charge in [-0.05, 0) is 25.0 Å². The Morgan fingerprint density at radius 3 is 2.65 bits per heavy atom. The third-order valence-corrected chi connectivity index (χ3v) is 4.10. The zero-order valence-corrected chi connectivity index (χ0v) is 13.1. The van der Waals surface area contributed by atoms with Crippen LogP contribution in [-0.4, -0.2) is 21.9 Å². The predicted molar refractivity (Wildman–Crippen MR) is 87.0 cm³/mol. The lowest BCUT2D eigenvalue weighted by atomic mass is 10.1. The molecule has 2 aromatic rings. The van der Waals surface area contributed by atoms with Crippen molar-refractivity contribution < 1.29 is 9.21 Å². The molecule has 23 heavy (non-hydrogen) atoms. The van der Waals surface area contributed by atoms with Gasteiger partial charge in [0.15, 0.2) is 0 Å². The van der Waals surface area contributed by atoms with Crippen molar-refractivity contribution in [3.63, 3.8) is 0 Å². The van der Waals surface area contributed by atoms with E-state index in [1.165, 1.54) is 31.9 Å². The van der Waals surface area contributed by atoms with Gasteiger partial charge in [0.25, 0.3) is 5.91 Å². The maximum absolute atomic E-state index is 12.2. The van der Waals surface area contributed by atoms with Gasteiger partial charge in [0, 0.05) is 6.04 Å². The van der Waals surface area contributed by atoms with Gasteiger partial charge in [0.1, 0.15) is 17.3 Å². The van der Waals surface area contributed by atoms with Gasteiger partial charge >= 0.3 is 0 Å². The second-order valence-corrected chi connectivity index (χ2v) is 5.88. The highest BCUT2D eigenvalue weighted by Gasteiger charge is 2.16. The van der Waals surface area contributed by atoms with Crippen molar-refractivity contribution in [2.75, 3.05) is 5.32 Å². The van der Waals surface area contributed by atoms with Crippen LogP contribution in [0.25, 0.3) is 0 Å². The molecule has 1 fully saturated rings. The first-order chi connectivity index (χ1) is 11.3. The topological polar surface area (TPSA) is 80.0 Å². The molecule has 6 nitrogen and oxygen atoms in total. The van der Waals surface area contributed by atoms with Gasteiger partial charge in [-0.3, -0.25) is 4.79 Å². The van der Waals surface area contributed by atoms with E-state index in [9.17, 15) is 4.79 Å². The highest BCUT2D eigenvalue weighted by atomic mass is 16.3. The molecule has 2 aromatic heterocycles. The van der Waals surface area contributed by atoms with Gasteiger partial charge in [-0.1, -0.05) is 25.7 Å². The molecular formula is C17H22N4O2. The zero-order valence-electron chi connectivity index (χ0n) is 13.1. The fourth-order valence-electron chi connectivity index (χ4n) is 2.81. The molecule has 0 radical (unpaired) electrons. The molecule has 0 unspecified atom stereocenters. The van der Waals surface area contributed by atoms with Crippen LogP contribution in [0.1, 0.15) is 54.8 Å². The van der Waals surface area contributed by atoms with Gasteiger partial charge in [0.2, 0.25) is 0 Å². The summed E-state index contributed by atoms with van der Waals surface area (Å²) in [4.78, 5) is 20.7. The maximum Gasteiger partial charge on any atom is 0.271 e. The van der Waals surface area contributed by atoms with E-state index in [1.54, 1.807) is 12.5 Å². The van der Waals surface area contributed by atoms with Gasteiger partial charge in [-0.15, -0.1) is 0 Å². The van der Waals surface area contributed by atoms with Crippen molar-refractivity contribution in [3.05, 3.63) is 42.2 Å². The minimum absolute atomic E-state index is 0.137. The SMILES string of the molecule is O=C(NC1CCCCCC1)c1cnc(NCc2ccco2)cn1. The summed E-state index contributed by atoms with van der Waals surface area (Å²) in [6.07, 6.45) is 11.7. The standard InChI is InChI=1S/C17H22N4O2/c22-17(21-13-6-3-1-2-4-7-13)15-11-20-16(12-18-15)19-10-14-8-5-9-23-14/h5,8-9,11-13H,1-4,6-7,10H2,(H,19,20)(H,21,22). The van der Waals surface area contributed by atoms with Crippen molar-refractivity contribution in [3.8, 4) is 0 Å². The Kier molecular flexibility index (Phi) is 5.24. The first-order valence-electron chi connectivity index (χ1n) is 8.20. The lowest BCUT2D eigenvalue weighted by molar-refractivity contribution is 0.0928. The van der Waals surface area contributed by atoms with Gasteiger partial charge in [-0.2, -0.15) is 0 Å². The number of anilines is 1. The van der Waals surface area contributed by atoms with Gasteiger partial charge < -0.3 is 15.1 Å². The van der Waals surface area contributed by atoms with Crippen molar-refractivity contribution in [2.24, 2.45) is 0 Å². The quantitative estimate of drug-likeness (QED) is 0.829. The first-order valence-corrected chi connectivity index (χ1v) is 8.20. The van der Waals surface area contributed by atoms with Crippen LogP contribution in [0, 0.1) is 0 Å². The van der Waals surface area contributed by atoms with Gasteiger partial charge in [-0.25, -0.2) is 9.97 Å². The Balaban J connectivity index is 1.52. The molecule has 1 amide bonds. The van der Waals surface area contributed by atoms with Crippen LogP contribution < -0.4 is 10.6 Å². The largest absolute Gasteiger partial charge is 0.467 e. The number of amides is 1. The summed E-state index contributed by atoms with van der Waals surface area (Å²) in [5, 5.41) is 6.18. The molecule has 0 bridgehead atoms. The van der Waals surface area contributed by atoms with Crippen LogP contribution in [-0.2, 0) is 6.54 Å². The van der Waals surface area contributed by atoms with Crippen molar-refractivity contribution in [1.82, 2.24) is 15.3 Å². The van der Waals surface area contributed by atoms with Crippen LogP contribution >= 0.6 is 0 Å². The Labute approximate surface area is 135 Å². The minimum atomic E-state index is -0.137. The molecule has 0 aromatic carbocycles. The molecule has 3 rings (SSSR count). The fraction of sp³-hybridized carbons (Fsp3) is 0.471. The average Bonchev–Trinajstić information content (AvgIpc) is 2.97. The van der Waals surface area contributed by atoms with E-state index in [0.29, 0.717) is 18.1 Å². The molecule has 6 heteroatoms. The van der Waals surface area contributed by atoms with E-state index < -0.39 is 0 Å². The van der Waals surface area contributed by atoms with Gasteiger partial charge in [0.05, 0.1) is 25.2 Å². The lowest BCUT2D eigenvalue weighted by Crippen LogP contribution is -2.34. The van der Waals surface area contributed by atoms with Crippen LogP contribution in [0.5, 0.6) is 0 Å². The van der Waals surface area contributed by atoms with Crippen LogP contribution in [0.3, 0.4) is 0 Å². The lowest BCUT2D eigenvalue weighted by Gasteiger charge is -2.15. The molecule has 1 aliphatic rings. The molecule has 0 atom stereocenters. The van der Waals surface area contributed by atoms with E-state index in [0.717, 1.165) is 18.6 Å². The third kappa shape index (κ3) is 4.55. The van der Waals surface area contributed by atoms with E-state index in [1.807, 2.05) is 12.1 Å². The molecule has 1 saturated carbocycles. The maximum atomic E-state index is 12.2. The summed E-state index contributed by atoms with van der Waals surface area (Å²) in [5.74, 6) is 1.30. The molecule has 2 N–H and O–H groups in total. The molecular weight excluding hydrogens is 292 g/mol. The third-order valence-electron chi connectivity index (χ3n) is 4.10. The van der Waals surface area contributed by atoms with Crippen LogP contribution in [0.15, 0.2) is 35.2 Å². The highest BCUT2D eigenvalue weighted by molar-refractivity contribution is 5.92. The Hall–Kier alpha value is -2.37. The second kappa shape index (κ2) is 7.76. The van der Waals surface area contributed by atoms with Crippen LogP contribution in [0.2, 0.25) is 0 Å². The van der Waals surface area contributed by atoms with E-state index in [-0.39, 0.29) is 11.9 Å². The normalized spacial score (nSPS) is 15.8. The zero-order chi connectivity index (χ0) is 15.9. The molecule has 122 valence electrons. The van der Waals surface area contributed by atoms with E-state index >= 15 is 0 Å².